The Morgan fingerprint density at radius 1 is 0.467 bits per heavy atom. The number of rotatable bonds is 58. The maximum absolute atomic E-state index is 13.6. The molecule has 1 amide bonds. The average Bonchev–Trinajstić information content (AvgIpc) is 3.37. The van der Waals surface area contributed by atoms with E-state index in [0.717, 1.165) is 70.6 Å². The van der Waals surface area contributed by atoms with E-state index in [1.807, 2.05) is 33.3 Å². The van der Waals surface area contributed by atoms with Gasteiger partial charge in [-0.3, -0.25) is 18.6 Å². The summed E-state index contributed by atoms with van der Waals surface area (Å²) in [5, 5.41) is 3.06. The van der Waals surface area contributed by atoms with E-state index in [2.05, 4.69) is 62.5 Å². The van der Waals surface area contributed by atoms with Crippen LogP contribution in [-0.2, 0) is 27.9 Å². The molecule has 2 N–H and O–H groups in total. The molecule has 0 aromatic carbocycles. The number of nitrogens with zero attached hydrogens (tertiary/aromatic N) is 1. The van der Waals surface area contributed by atoms with Gasteiger partial charge in [0.2, 0.25) is 5.91 Å². The summed E-state index contributed by atoms with van der Waals surface area (Å²) < 4.78 is 30.7. The summed E-state index contributed by atoms with van der Waals surface area (Å²) in [5.74, 6) is -0.502. The van der Waals surface area contributed by atoms with Crippen molar-refractivity contribution in [2.24, 2.45) is 0 Å². The fraction of sp³-hybridized carbons (Fsp3) is 0.846. The first-order valence-corrected chi connectivity index (χ1v) is 33.5. The number of unbranched alkanes of at least 4 members (excludes halogenated alkanes) is 36. The fourth-order valence-electron chi connectivity index (χ4n) is 9.26. The fourth-order valence-corrected chi connectivity index (χ4v) is 10.00. The van der Waals surface area contributed by atoms with Crippen molar-refractivity contribution in [2.45, 2.75) is 315 Å². The second-order valence-corrected chi connectivity index (χ2v) is 24.4. The quantitative estimate of drug-likeness (QED) is 0.0205. The molecular weight excluding hydrogens is 952 g/mol. The van der Waals surface area contributed by atoms with Gasteiger partial charge >= 0.3 is 13.8 Å². The second kappa shape index (κ2) is 55.3. The van der Waals surface area contributed by atoms with Crippen LogP contribution in [0, 0.1) is 0 Å². The van der Waals surface area contributed by atoms with Crippen LogP contribution < -0.4 is 5.32 Å². The lowest BCUT2D eigenvalue weighted by molar-refractivity contribution is -0.870. The molecule has 9 nitrogen and oxygen atoms in total. The minimum absolute atomic E-state index is 0.0402. The highest BCUT2D eigenvalue weighted by molar-refractivity contribution is 7.47. The van der Waals surface area contributed by atoms with Gasteiger partial charge in [-0.25, -0.2) is 4.57 Å². The van der Waals surface area contributed by atoms with E-state index >= 15 is 0 Å². The van der Waals surface area contributed by atoms with Crippen LogP contribution in [0.4, 0.5) is 0 Å². The van der Waals surface area contributed by atoms with Crippen LogP contribution in [0.1, 0.15) is 303 Å². The second-order valence-electron chi connectivity index (χ2n) is 22.9. The molecule has 0 aliphatic rings. The van der Waals surface area contributed by atoms with E-state index in [1.54, 1.807) is 0 Å². The van der Waals surface area contributed by atoms with E-state index in [1.165, 1.54) is 199 Å². The van der Waals surface area contributed by atoms with Gasteiger partial charge < -0.3 is 19.4 Å². The Morgan fingerprint density at radius 3 is 1.25 bits per heavy atom. The number of carbonyl (C=O) groups excluding carboxylic acids is 2. The van der Waals surface area contributed by atoms with Gasteiger partial charge in [-0.1, -0.05) is 250 Å². The monoisotopic (exact) mass is 1080 g/mol. The van der Waals surface area contributed by atoms with Crippen LogP contribution in [0.15, 0.2) is 48.6 Å². The summed E-state index contributed by atoms with van der Waals surface area (Å²) in [6.07, 6.45) is 68.2. The van der Waals surface area contributed by atoms with E-state index < -0.39 is 20.0 Å². The van der Waals surface area contributed by atoms with Crippen LogP contribution >= 0.6 is 7.82 Å². The molecule has 0 saturated carbocycles. The molecule has 0 radical (unpaired) electrons. The van der Waals surface area contributed by atoms with Gasteiger partial charge in [0.05, 0.1) is 33.8 Å². The van der Waals surface area contributed by atoms with Crippen LogP contribution in [0.5, 0.6) is 0 Å². The number of phosphoric ester groups is 1. The van der Waals surface area contributed by atoms with E-state index in [9.17, 15) is 19.0 Å². The van der Waals surface area contributed by atoms with Gasteiger partial charge in [0.15, 0.2) is 0 Å². The van der Waals surface area contributed by atoms with Crippen molar-refractivity contribution in [3.05, 3.63) is 48.6 Å². The molecule has 75 heavy (non-hydrogen) atoms. The summed E-state index contributed by atoms with van der Waals surface area (Å²) >= 11 is 0. The normalized spacial score (nSPS) is 14.0. The van der Waals surface area contributed by atoms with Gasteiger partial charge in [0.1, 0.15) is 19.3 Å². The standard InChI is InChI=1S/C65H123N2O7P/c1-7-10-13-16-19-22-25-27-29-30-31-32-33-34-35-36-38-39-42-45-48-51-54-57-64(68)66-62(61-73-75(70,71)72-60-59-67(4,5)6)63(56-53-50-47-44-41-24-21-18-15-12-9-3)74-65(69)58-55-52-49-46-43-40-37-28-26-23-20-17-14-11-8-2/h19,22-23,26-27,29,53,56,62-63H,7-18,20-21,24-25,28,30-52,54-55,57-61H2,1-6H3,(H-,66,68,70,71)/p+1/b22-19-,26-23-,29-27-,56-53-. The maximum Gasteiger partial charge on any atom is 0.472 e. The molecule has 0 spiro atoms. The van der Waals surface area contributed by atoms with Gasteiger partial charge in [0, 0.05) is 12.8 Å². The lowest BCUT2D eigenvalue weighted by atomic mass is 10.0. The summed E-state index contributed by atoms with van der Waals surface area (Å²) in [6.45, 7) is 6.99. The topological polar surface area (TPSA) is 111 Å². The van der Waals surface area contributed by atoms with Crippen molar-refractivity contribution in [3.63, 3.8) is 0 Å². The number of phosphoric acid groups is 1. The van der Waals surface area contributed by atoms with Crippen molar-refractivity contribution in [1.29, 1.82) is 0 Å². The number of nitrogens with one attached hydrogen (secondary N) is 1. The van der Waals surface area contributed by atoms with Gasteiger partial charge in [0.25, 0.3) is 0 Å². The Hall–Kier alpha value is -2.03. The highest BCUT2D eigenvalue weighted by atomic mass is 31.2. The molecule has 0 aliphatic carbocycles. The molecule has 3 atom stereocenters. The SMILES string of the molecule is CCCCC/C=C\C/C=C\CCCCCCCCCCCCCCCC(=O)NC(COP(=O)(O)OCC[N+](C)(C)C)C(/C=C\CCCCCCCCCCC)OC(=O)CCCCCCCCC/C=C\CCCCCC. The van der Waals surface area contributed by atoms with Crippen molar-refractivity contribution >= 4 is 19.7 Å². The molecule has 0 aromatic rings. The molecule has 10 heteroatoms. The molecule has 3 unspecified atom stereocenters. The Bertz CT molecular complexity index is 1420. The third-order valence-corrected chi connectivity index (χ3v) is 15.2. The Balaban J connectivity index is 5.11. The van der Waals surface area contributed by atoms with Crippen LogP contribution in [0.3, 0.4) is 0 Å². The summed E-state index contributed by atoms with van der Waals surface area (Å²) in [4.78, 5) is 37.7. The van der Waals surface area contributed by atoms with E-state index in [-0.39, 0.29) is 31.5 Å². The summed E-state index contributed by atoms with van der Waals surface area (Å²) in [6, 6.07) is -0.848. The predicted molar refractivity (Wildman–Crippen MR) is 323 cm³/mol. The van der Waals surface area contributed by atoms with Crippen LogP contribution in [-0.4, -0.2) is 74.3 Å². The highest BCUT2D eigenvalue weighted by Gasteiger charge is 2.30. The zero-order chi connectivity index (χ0) is 55.0. The molecular formula is C65H124N2O7P+. The number of likely N-dealkylation sites (N-methyl/N-ethyl adjacent to an activating group) is 1. The van der Waals surface area contributed by atoms with Crippen molar-refractivity contribution < 1.29 is 37.3 Å². The Kier molecular flexibility index (Phi) is 53.8. The molecule has 0 rings (SSSR count). The molecule has 0 bridgehead atoms. The van der Waals surface area contributed by atoms with Crippen molar-refractivity contribution in [3.8, 4) is 0 Å². The third kappa shape index (κ3) is 56.5. The minimum Gasteiger partial charge on any atom is -0.456 e. The first-order chi connectivity index (χ1) is 36.4. The zero-order valence-electron chi connectivity index (χ0n) is 50.3. The maximum atomic E-state index is 13.6. The molecule has 0 aromatic heterocycles. The average molecular weight is 1080 g/mol. The molecule has 0 heterocycles. The molecule has 440 valence electrons. The lowest BCUT2D eigenvalue weighted by Crippen LogP contribution is -2.47. The van der Waals surface area contributed by atoms with Gasteiger partial charge in [-0.2, -0.15) is 0 Å². The molecule has 0 saturated heterocycles. The number of hydrogen-bond acceptors (Lipinski definition) is 6. The van der Waals surface area contributed by atoms with Crippen molar-refractivity contribution in [2.75, 3.05) is 40.9 Å². The number of quaternary nitrogens is 1. The third-order valence-electron chi connectivity index (χ3n) is 14.2. The number of esters is 1. The smallest absolute Gasteiger partial charge is 0.456 e. The number of ether oxygens (including phenoxy) is 1. The Morgan fingerprint density at radius 2 is 0.813 bits per heavy atom. The largest absolute Gasteiger partial charge is 0.472 e. The number of amides is 1. The van der Waals surface area contributed by atoms with Crippen LogP contribution in [0.2, 0.25) is 0 Å². The minimum atomic E-state index is -4.45. The van der Waals surface area contributed by atoms with Crippen molar-refractivity contribution in [1.82, 2.24) is 5.32 Å². The first-order valence-electron chi connectivity index (χ1n) is 32.0. The molecule has 0 fully saturated rings. The summed E-state index contributed by atoms with van der Waals surface area (Å²) in [5.41, 5.74) is 0. The van der Waals surface area contributed by atoms with Crippen LogP contribution in [0.25, 0.3) is 0 Å². The first kappa shape index (κ1) is 73.0. The zero-order valence-corrected chi connectivity index (χ0v) is 51.2. The Labute approximate surface area is 465 Å². The molecule has 0 aliphatic heterocycles. The number of allylic oxidation sites excluding steroid dienone is 7. The van der Waals surface area contributed by atoms with E-state index in [0.29, 0.717) is 17.4 Å². The number of hydrogen-bond donors (Lipinski definition) is 2. The lowest BCUT2D eigenvalue weighted by Gasteiger charge is -2.27. The number of carbonyl (C=O) groups is 2. The van der Waals surface area contributed by atoms with E-state index in [4.69, 9.17) is 13.8 Å². The predicted octanol–water partition coefficient (Wildman–Crippen LogP) is 19.7. The highest BCUT2D eigenvalue weighted by Crippen LogP contribution is 2.43. The van der Waals surface area contributed by atoms with Gasteiger partial charge in [-0.05, 0) is 89.5 Å². The van der Waals surface area contributed by atoms with Gasteiger partial charge in [-0.15, -0.1) is 0 Å². The summed E-state index contributed by atoms with van der Waals surface area (Å²) in [7, 11) is 1.50.